The summed E-state index contributed by atoms with van der Waals surface area (Å²) in [7, 11) is 0. The van der Waals surface area contributed by atoms with Crippen molar-refractivity contribution in [2.24, 2.45) is 0 Å². The maximum absolute atomic E-state index is 12.7. The first-order valence-electron chi connectivity index (χ1n) is 7.92. The van der Waals surface area contributed by atoms with Crippen molar-refractivity contribution in [3.05, 3.63) is 71.3 Å². The van der Waals surface area contributed by atoms with E-state index in [1.54, 1.807) is 4.90 Å². The average molecular weight is 308 g/mol. The third-order valence-corrected chi connectivity index (χ3v) is 4.10. The predicted molar refractivity (Wildman–Crippen MR) is 89.2 cm³/mol. The number of nitrogens with zero attached hydrogens (tertiary/aromatic N) is 1. The molecule has 2 amide bonds. The molecule has 1 fully saturated rings. The second-order valence-corrected chi connectivity index (χ2v) is 5.72. The van der Waals surface area contributed by atoms with E-state index in [4.69, 9.17) is 0 Å². The molecule has 0 unspecified atom stereocenters. The summed E-state index contributed by atoms with van der Waals surface area (Å²) in [6.07, 6.45) is 1.71. The van der Waals surface area contributed by atoms with Crippen LogP contribution in [-0.2, 0) is 17.6 Å². The number of amides is 2. The minimum absolute atomic E-state index is 0.0523. The lowest BCUT2D eigenvalue weighted by Gasteiger charge is -2.27. The Bertz CT molecular complexity index is 698. The number of rotatable bonds is 4. The lowest BCUT2D eigenvalue weighted by atomic mass is 9.99. The maximum atomic E-state index is 12.7. The van der Waals surface area contributed by atoms with Gasteiger partial charge in [-0.1, -0.05) is 48.5 Å². The maximum Gasteiger partial charge on any atom is 0.254 e. The summed E-state index contributed by atoms with van der Waals surface area (Å²) >= 11 is 0. The molecule has 0 aliphatic carbocycles. The Balaban J connectivity index is 1.74. The quantitative estimate of drug-likeness (QED) is 0.940. The van der Waals surface area contributed by atoms with Crippen molar-refractivity contribution >= 4 is 11.8 Å². The minimum Gasteiger partial charge on any atom is -0.353 e. The van der Waals surface area contributed by atoms with E-state index >= 15 is 0 Å². The normalized spacial score (nSPS) is 14.4. The molecule has 1 saturated heterocycles. The molecule has 3 rings (SSSR count). The third kappa shape index (κ3) is 3.77. The van der Waals surface area contributed by atoms with Crippen LogP contribution >= 0.6 is 0 Å². The summed E-state index contributed by atoms with van der Waals surface area (Å²) in [6, 6.07) is 17.9. The Morgan fingerprint density at radius 2 is 1.74 bits per heavy atom. The molecule has 4 heteroatoms. The zero-order chi connectivity index (χ0) is 16.1. The van der Waals surface area contributed by atoms with E-state index < -0.39 is 0 Å². The van der Waals surface area contributed by atoms with Gasteiger partial charge in [-0.15, -0.1) is 0 Å². The van der Waals surface area contributed by atoms with Crippen molar-refractivity contribution in [2.75, 3.05) is 19.6 Å². The van der Waals surface area contributed by atoms with Gasteiger partial charge in [-0.3, -0.25) is 9.59 Å². The smallest absolute Gasteiger partial charge is 0.254 e. The Morgan fingerprint density at radius 3 is 2.52 bits per heavy atom. The van der Waals surface area contributed by atoms with Crippen LogP contribution < -0.4 is 5.32 Å². The molecule has 1 N–H and O–H groups in total. The molecule has 0 radical (unpaired) electrons. The van der Waals surface area contributed by atoms with E-state index in [1.165, 1.54) is 5.56 Å². The first-order valence-corrected chi connectivity index (χ1v) is 7.92. The van der Waals surface area contributed by atoms with Crippen molar-refractivity contribution in [3.8, 4) is 0 Å². The van der Waals surface area contributed by atoms with E-state index in [2.05, 4.69) is 17.4 Å². The van der Waals surface area contributed by atoms with Gasteiger partial charge < -0.3 is 10.2 Å². The second-order valence-electron chi connectivity index (χ2n) is 5.72. The van der Waals surface area contributed by atoms with Crippen molar-refractivity contribution in [1.29, 1.82) is 0 Å². The van der Waals surface area contributed by atoms with Gasteiger partial charge >= 0.3 is 0 Å². The van der Waals surface area contributed by atoms with Crippen LogP contribution in [0.2, 0.25) is 0 Å². The first kappa shape index (κ1) is 15.3. The van der Waals surface area contributed by atoms with Crippen molar-refractivity contribution in [2.45, 2.75) is 12.8 Å². The molecule has 0 spiro atoms. The van der Waals surface area contributed by atoms with E-state index in [1.807, 2.05) is 42.5 Å². The molecule has 0 aromatic heterocycles. The fourth-order valence-electron chi connectivity index (χ4n) is 2.85. The van der Waals surface area contributed by atoms with Crippen LogP contribution in [0.3, 0.4) is 0 Å². The monoisotopic (exact) mass is 308 g/mol. The lowest BCUT2D eigenvalue weighted by Crippen LogP contribution is -2.50. The minimum atomic E-state index is -0.0913. The van der Waals surface area contributed by atoms with Gasteiger partial charge in [0.05, 0.1) is 6.54 Å². The van der Waals surface area contributed by atoms with Crippen molar-refractivity contribution in [3.63, 3.8) is 0 Å². The Hall–Kier alpha value is -2.62. The van der Waals surface area contributed by atoms with E-state index in [0.29, 0.717) is 18.7 Å². The molecular weight excluding hydrogens is 288 g/mol. The molecule has 1 heterocycles. The molecule has 118 valence electrons. The fraction of sp³-hybridized carbons (Fsp3) is 0.263. The number of piperazine rings is 1. The number of carbonyl (C=O) groups excluding carboxylic acids is 2. The standard InChI is InChI=1S/C19H20N2O2/c22-18-14-21(13-12-20-18)19(23)17-9-5-4-8-16(17)11-10-15-6-2-1-3-7-15/h1-9H,10-14H2,(H,20,22). The molecule has 23 heavy (non-hydrogen) atoms. The highest BCUT2D eigenvalue weighted by molar-refractivity contribution is 5.98. The van der Waals surface area contributed by atoms with Gasteiger partial charge in [0.25, 0.3) is 5.91 Å². The fourth-order valence-corrected chi connectivity index (χ4v) is 2.85. The van der Waals surface area contributed by atoms with Gasteiger partial charge in [0.15, 0.2) is 0 Å². The van der Waals surface area contributed by atoms with Crippen LogP contribution in [0.1, 0.15) is 21.5 Å². The summed E-state index contributed by atoms with van der Waals surface area (Å²) in [5.74, 6) is -0.144. The molecule has 0 atom stereocenters. The summed E-state index contributed by atoms with van der Waals surface area (Å²) in [5, 5.41) is 2.75. The summed E-state index contributed by atoms with van der Waals surface area (Å²) < 4.78 is 0. The highest BCUT2D eigenvalue weighted by Crippen LogP contribution is 2.15. The van der Waals surface area contributed by atoms with Gasteiger partial charge in [0, 0.05) is 18.7 Å². The molecule has 0 bridgehead atoms. The second kappa shape index (κ2) is 7.09. The topological polar surface area (TPSA) is 49.4 Å². The highest BCUT2D eigenvalue weighted by atomic mass is 16.2. The number of carbonyl (C=O) groups is 2. The molecule has 4 nitrogen and oxygen atoms in total. The number of hydrogen-bond donors (Lipinski definition) is 1. The van der Waals surface area contributed by atoms with Gasteiger partial charge in [0.1, 0.15) is 0 Å². The zero-order valence-corrected chi connectivity index (χ0v) is 13.0. The van der Waals surface area contributed by atoms with Crippen LogP contribution in [0.5, 0.6) is 0 Å². The van der Waals surface area contributed by atoms with Gasteiger partial charge in [-0.2, -0.15) is 0 Å². The summed E-state index contributed by atoms with van der Waals surface area (Å²) in [4.78, 5) is 25.8. The van der Waals surface area contributed by atoms with Gasteiger partial charge in [0.2, 0.25) is 5.91 Å². The molecule has 2 aromatic rings. The molecule has 2 aromatic carbocycles. The van der Waals surface area contributed by atoms with E-state index in [-0.39, 0.29) is 18.4 Å². The molecule has 1 aliphatic rings. The van der Waals surface area contributed by atoms with Gasteiger partial charge in [-0.05, 0) is 30.0 Å². The van der Waals surface area contributed by atoms with Gasteiger partial charge in [-0.25, -0.2) is 0 Å². The van der Waals surface area contributed by atoms with Crippen molar-refractivity contribution < 1.29 is 9.59 Å². The average Bonchev–Trinajstić information content (AvgIpc) is 2.60. The van der Waals surface area contributed by atoms with E-state index in [0.717, 1.165) is 18.4 Å². The molecular formula is C19H20N2O2. The molecule has 0 saturated carbocycles. The molecule has 1 aliphatic heterocycles. The van der Waals surface area contributed by atoms with Crippen LogP contribution in [0.4, 0.5) is 0 Å². The summed E-state index contributed by atoms with van der Waals surface area (Å²) in [5.41, 5.74) is 3.00. The summed E-state index contributed by atoms with van der Waals surface area (Å²) in [6.45, 7) is 1.24. The van der Waals surface area contributed by atoms with Crippen LogP contribution in [0.15, 0.2) is 54.6 Å². The Kier molecular flexibility index (Phi) is 4.71. The first-order chi connectivity index (χ1) is 11.2. The zero-order valence-electron chi connectivity index (χ0n) is 13.0. The van der Waals surface area contributed by atoms with Crippen LogP contribution in [0, 0.1) is 0 Å². The third-order valence-electron chi connectivity index (χ3n) is 4.10. The Morgan fingerprint density at radius 1 is 1.00 bits per heavy atom. The number of benzene rings is 2. The highest BCUT2D eigenvalue weighted by Gasteiger charge is 2.23. The number of hydrogen-bond acceptors (Lipinski definition) is 2. The van der Waals surface area contributed by atoms with Crippen molar-refractivity contribution in [1.82, 2.24) is 10.2 Å². The predicted octanol–water partition coefficient (Wildman–Crippen LogP) is 2.04. The van der Waals surface area contributed by atoms with Crippen LogP contribution in [-0.4, -0.2) is 36.3 Å². The number of nitrogens with one attached hydrogen (secondary N) is 1. The van der Waals surface area contributed by atoms with E-state index in [9.17, 15) is 9.59 Å². The van der Waals surface area contributed by atoms with Crippen LogP contribution in [0.25, 0.3) is 0 Å². The number of aryl methyl sites for hydroxylation is 2. The SMILES string of the molecule is O=C1CN(C(=O)c2ccccc2CCc2ccccc2)CCN1. The lowest BCUT2D eigenvalue weighted by molar-refractivity contribution is -0.123. The largest absolute Gasteiger partial charge is 0.353 e. The Labute approximate surface area is 136 Å².